The lowest BCUT2D eigenvalue weighted by molar-refractivity contribution is 0.116. The summed E-state index contributed by atoms with van der Waals surface area (Å²) in [6, 6.07) is 0. The summed E-state index contributed by atoms with van der Waals surface area (Å²) < 4.78 is 0. The van der Waals surface area contributed by atoms with Crippen molar-refractivity contribution in [1.82, 2.24) is 0 Å². The van der Waals surface area contributed by atoms with E-state index in [-0.39, 0.29) is 0 Å². The third kappa shape index (κ3) is 3.00. The monoisotopic (exact) mass is 224 g/mol. The second-order valence-corrected chi connectivity index (χ2v) is 6.15. The average Bonchev–Trinajstić information content (AvgIpc) is 2.39. The molecule has 2 saturated carbocycles. The first-order valence-corrected chi connectivity index (χ1v) is 7.44. The molecule has 0 aromatic rings. The van der Waals surface area contributed by atoms with Crippen molar-refractivity contribution in [1.29, 1.82) is 0 Å². The summed E-state index contributed by atoms with van der Waals surface area (Å²) in [6.07, 6.45) is 12.7. The van der Waals surface area contributed by atoms with Crippen LogP contribution in [-0.4, -0.2) is 11.7 Å². The molecule has 2 aliphatic carbocycles. The van der Waals surface area contributed by atoms with E-state index in [0.29, 0.717) is 12.5 Å². The van der Waals surface area contributed by atoms with Crippen LogP contribution in [0, 0.1) is 23.7 Å². The smallest absolute Gasteiger partial charge is 0.0459 e. The summed E-state index contributed by atoms with van der Waals surface area (Å²) in [4.78, 5) is 0. The first-order chi connectivity index (χ1) is 7.83. The highest BCUT2D eigenvalue weighted by atomic mass is 16.3. The number of hydrogen-bond donors (Lipinski definition) is 1. The van der Waals surface area contributed by atoms with Gasteiger partial charge in [0, 0.05) is 6.61 Å². The van der Waals surface area contributed by atoms with Gasteiger partial charge in [0.15, 0.2) is 0 Å². The molecule has 0 bridgehead atoms. The van der Waals surface area contributed by atoms with Crippen LogP contribution in [0.4, 0.5) is 0 Å². The van der Waals surface area contributed by atoms with Gasteiger partial charge < -0.3 is 5.11 Å². The molecule has 0 saturated heterocycles. The molecule has 0 unspecified atom stereocenters. The number of aliphatic hydroxyl groups excluding tert-OH is 1. The summed E-state index contributed by atoms with van der Waals surface area (Å²) in [5.74, 6) is 3.69. The normalized spacial score (nSPS) is 40.9. The van der Waals surface area contributed by atoms with Gasteiger partial charge in [-0.05, 0) is 62.2 Å². The van der Waals surface area contributed by atoms with E-state index in [1.807, 2.05) is 0 Å². The number of rotatable bonds is 3. The Morgan fingerprint density at radius 2 is 1.19 bits per heavy atom. The van der Waals surface area contributed by atoms with Crippen LogP contribution in [0.5, 0.6) is 0 Å². The summed E-state index contributed by atoms with van der Waals surface area (Å²) >= 11 is 0. The lowest BCUT2D eigenvalue weighted by atomic mass is 9.69. The van der Waals surface area contributed by atoms with Crippen molar-refractivity contribution in [3.05, 3.63) is 0 Å². The van der Waals surface area contributed by atoms with Gasteiger partial charge in [-0.15, -0.1) is 0 Å². The Morgan fingerprint density at radius 3 is 1.56 bits per heavy atom. The fourth-order valence-corrected chi connectivity index (χ4v) is 3.91. The highest BCUT2D eigenvalue weighted by Crippen LogP contribution is 2.41. The molecule has 2 fully saturated rings. The van der Waals surface area contributed by atoms with E-state index < -0.39 is 0 Å². The standard InChI is InChI=1S/C15H28O/c1-2-12-3-7-14(8-4-12)15-9-5-13(11-16)6-10-15/h12-16H,2-11H2,1H3. The lowest BCUT2D eigenvalue weighted by Gasteiger charge is -2.37. The SMILES string of the molecule is CCC1CCC(C2CCC(CO)CC2)CC1. The van der Waals surface area contributed by atoms with Gasteiger partial charge in [-0.1, -0.05) is 26.2 Å². The van der Waals surface area contributed by atoms with Gasteiger partial charge in [-0.3, -0.25) is 0 Å². The highest BCUT2D eigenvalue weighted by molar-refractivity contribution is 4.81. The molecule has 2 aliphatic rings. The van der Waals surface area contributed by atoms with E-state index in [9.17, 15) is 0 Å². The minimum absolute atomic E-state index is 0.426. The molecule has 1 N–H and O–H groups in total. The molecule has 0 radical (unpaired) electrons. The molecule has 16 heavy (non-hydrogen) atoms. The Hall–Kier alpha value is -0.0400. The molecule has 0 atom stereocenters. The van der Waals surface area contributed by atoms with E-state index in [1.54, 1.807) is 0 Å². The number of aliphatic hydroxyl groups is 1. The zero-order valence-electron chi connectivity index (χ0n) is 10.8. The van der Waals surface area contributed by atoms with Crippen LogP contribution in [0.15, 0.2) is 0 Å². The average molecular weight is 224 g/mol. The molecule has 0 heterocycles. The van der Waals surface area contributed by atoms with Gasteiger partial charge in [0.25, 0.3) is 0 Å². The molecule has 0 aromatic heterocycles. The number of hydrogen-bond acceptors (Lipinski definition) is 1. The maximum absolute atomic E-state index is 9.15. The first-order valence-electron chi connectivity index (χ1n) is 7.44. The second-order valence-electron chi connectivity index (χ2n) is 6.15. The van der Waals surface area contributed by atoms with Crippen molar-refractivity contribution in [2.45, 2.75) is 64.7 Å². The van der Waals surface area contributed by atoms with Crippen molar-refractivity contribution >= 4 is 0 Å². The molecule has 94 valence electrons. The highest BCUT2D eigenvalue weighted by Gasteiger charge is 2.30. The van der Waals surface area contributed by atoms with Crippen LogP contribution >= 0.6 is 0 Å². The maximum atomic E-state index is 9.15. The fraction of sp³-hybridized carbons (Fsp3) is 1.00. The predicted octanol–water partition coefficient (Wildman–Crippen LogP) is 4.00. The first kappa shape index (κ1) is 12.4. The molecular formula is C15H28O. The maximum Gasteiger partial charge on any atom is 0.0459 e. The van der Waals surface area contributed by atoms with E-state index in [1.165, 1.54) is 57.8 Å². The van der Waals surface area contributed by atoms with Crippen molar-refractivity contribution in [3.8, 4) is 0 Å². The summed E-state index contributed by atoms with van der Waals surface area (Å²) in [6.45, 7) is 2.77. The largest absolute Gasteiger partial charge is 0.396 e. The molecule has 0 aliphatic heterocycles. The third-order valence-electron chi connectivity index (χ3n) is 5.29. The Labute approximate surface area is 101 Å². The second kappa shape index (κ2) is 6.05. The van der Waals surface area contributed by atoms with Crippen molar-refractivity contribution in [3.63, 3.8) is 0 Å². The van der Waals surface area contributed by atoms with E-state index >= 15 is 0 Å². The van der Waals surface area contributed by atoms with Gasteiger partial charge in [-0.25, -0.2) is 0 Å². The van der Waals surface area contributed by atoms with Crippen molar-refractivity contribution in [2.24, 2.45) is 23.7 Å². The van der Waals surface area contributed by atoms with E-state index in [4.69, 9.17) is 5.11 Å². The van der Waals surface area contributed by atoms with Gasteiger partial charge >= 0.3 is 0 Å². The zero-order valence-corrected chi connectivity index (χ0v) is 10.8. The van der Waals surface area contributed by atoms with Crippen LogP contribution in [-0.2, 0) is 0 Å². The van der Waals surface area contributed by atoms with Crippen molar-refractivity contribution in [2.75, 3.05) is 6.61 Å². The minimum atomic E-state index is 0.426. The summed E-state index contributed by atoms with van der Waals surface area (Å²) in [5, 5.41) is 9.15. The van der Waals surface area contributed by atoms with Gasteiger partial charge in [0.2, 0.25) is 0 Å². The van der Waals surface area contributed by atoms with E-state index in [2.05, 4.69) is 6.92 Å². The molecular weight excluding hydrogens is 196 g/mol. The van der Waals surface area contributed by atoms with Crippen LogP contribution in [0.25, 0.3) is 0 Å². The van der Waals surface area contributed by atoms with E-state index in [0.717, 1.165) is 17.8 Å². The van der Waals surface area contributed by atoms with Gasteiger partial charge in [0.05, 0.1) is 0 Å². The van der Waals surface area contributed by atoms with Crippen LogP contribution in [0.3, 0.4) is 0 Å². The molecule has 2 rings (SSSR count). The predicted molar refractivity (Wildman–Crippen MR) is 68.3 cm³/mol. The fourth-order valence-electron chi connectivity index (χ4n) is 3.91. The molecule has 0 aromatic carbocycles. The van der Waals surface area contributed by atoms with Gasteiger partial charge in [0.1, 0.15) is 0 Å². The third-order valence-corrected chi connectivity index (χ3v) is 5.29. The van der Waals surface area contributed by atoms with Crippen LogP contribution < -0.4 is 0 Å². The molecule has 0 spiro atoms. The topological polar surface area (TPSA) is 20.2 Å². The molecule has 0 amide bonds. The Morgan fingerprint density at radius 1 is 0.750 bits per heavy atom. The Balaban J connectivity index is 1.73. The molecule has 1 heteroatoms. The van der Waals surface area contributed by atoms with Crippen LogP contribution in [0.1, 0.15) is 64.7 Å². The quantitative estimate of drug-likeness (QED) is 0.768. The van der Waals surface area contributed by atoms with Gasteiger partial charge in [-0.2, -0.15) is 0 Å². The molecule has 1 nitrogen and oxygen atoms in total. The Kier molecular flexibility index (Phi) is 4.69. The summed E-state index contributed by atoms with van der Waals surface area (Å²) in [5.41, 5.74) is 0. The zero-order chi connectivity index (χ0) is 11.4. The van der Waals surface area contributed by atoms with Crippen LogP contribution in [0.2, 0.25) is 0 Å². The Bertz CT molecular complexity index is 164. The lowest BCUT2D eigenvalue weighted by Crippen LogP contribution is -2.26. The minimum Gasteiger partial charge on any atom is -0.396 e. The summed E-state index contributed by atoms with van der Waals surface area (Å²) in [7, 11) is 0. The van der Waals surface area contributed by atoms with Crippen molar-refractivity contribution < 1.29 is 5.11 Å².